The zero-order chi connectivity index (χ0) is 15.7. The largest absolute Gasteiger partial charge is 0.466 e. The Morgan fingerprint density at radius 3 is 2.82 bits per heavy atom. The lowest BCUT2D eigenvalue weighted by Crippen LogP contribution is -2.38. The van der Waals surface area contributed by atoms with Gasteiger partial charge in [0.25, 0.3) is 0 Å². The van der Waals surface area contributed by atoms with Crippen molar-refractivity contribution in [1.82, 2.24) is 5.32 Å². The molecule has 6 heteroatoms. The highest BCUT2D eigenvalue weighted by Gasteiger charge is 2.48. The molecule has 0 radical (unpaired) electrons. The van der Waals surface area contributed by atoms with Gasteiger partial charge < -0.3 is 14.8 Å². The van der Waals surface area contributed by atoms with Crippen molar-refractivity contribution >= 4 is 29.2 Å². The molecular formula is C16H19Cl2NO3. The van der Waals surface area contributed by atoms with Crippen LogP contribution in [0.25, 0.3) is 0 Å². The lowest BCUT2D eigenvalue weighted by Gasteiger charge is -2.30. The van der Waals surface area contributed by atoms with E-state index in [1.807, 2.05) is 12.1 Å². The van der Waals surface area contributed by atoms with Crippen LogP contribution >= 0.6 is 23.2 Å². The van der Waals surface area contributed by atoms with Crippen molar-refractivity contribution in [3.63, 3.8) is 0 Å². The number of carbonyl (C=O) groups excluding carboxylic acids is 1. The highest BCUT2D eigenvalue weighted by Crippen LogP contribution is 2.44. The predicted octanol–water partition coefficient (Wildman–Crippen LogP) is 3.08. The van der Waals surface area contributed by atoms with Gasteiger partial charge in [-0.2, -0.15) is 0 Å². The smallest absolute Gasteiger partial charge is 0.306 e. The second-order valence-corrected chi connectivity index (χ2v) is 6.63. The van der Waals surface area contributed by atoms with E-state index in [-0.39, 0.29) is 11.6 Å². The van der Waals surface area contributed by atoms with Gasteiger partial charge >= 0.3 is 5.97 Å². The number of morpholine rings is 1. The van der Waals surface area contributed by atoms with E-state index in [0.29, 0.717) is 42.1 Å². The minimum atomic E-state index is -0.344. The SMILES string of the molecule is CCOC(=O)CCc1cc(Cl)c(Cl)cc1C12CNC(CO1)C2. The van der Waals surface area contributed by atoms with E-state index in [1.165, 1.54) is 0 Å². The number of hydrogen-bond acceptors (Lipinski definition) is 4. The van der Waals surface area contributed by atoms with Gasteiger partial charge in [-0.05, 0) is 43.0 Å². The number of rotatable bonds is 5. The normalized spacial score (nSPS) is 26.4. The van der Waals surface area contributed by atoms with Gasteiger partial charge in [0.2, 0.25) is 0 Å². The maximum absolute atomic E-state index is 11.6. The fourth-order valence-electron chi connectivity index (χ4n) is 3.31. The fourth-order valence-corrected chi connectivity index (χ4v) is 3.66. The van der Waals surface area contributed by atoms with Crippen LogP contribution in [0.15, 0.2) is 12.1 Å². The molecule has 0 aromatic heterocycles. The van der Waals surface area contributed by atoms with Gasteiger partial charge in [0, 0.05) is 19.0 Å². The van der Waals surface area contributed by atoms with Crippen molar-refractivity contribution in [1.29, 1.82) is 0 Å². The molecule has 0 amide bonds. The Labute approximate surface area is 140 Å². The first-order valence-electron chi connectivity index (χ1n) is 7.55. The van der Waals surface area contributed by atoms with Crippen molar-refractivity contribution in [2.24, 2.45) is 0 Å². The van der Waals surface area contributed by atoms with Crippen LogP contribution in [0.2, 0.25) is 10.0 Å². The summed E-state index contributed by atoms with van der Waals surface area (Å²) in [6.07, 6.45) is 1.82. The molecule has 0 saturated carbocycles. The average molecular weight is 344 g/mol. The van der Waals surface area contributed by atoms with Crippen LogP contribution in [0.1, 0.15) is 30.9 Å². The van der Waals surface area contributed by atoms with Gasteiger partial charge in [-0.25, -0.2) is 0 Å². The van der Waals surface area contributed by atoms with E-state index in [2.05, 4.69) is 5.32 Å². The van der Waals surface area contributed by atoms with Crippen molar-refractivity contribution in [2.45, 2.75) is 37.8 Å². The summed E-state index contributed by atoms with van der Waals surface area (Å²) in [7, 11) is 0. The summed E-state index contributed by atoms with van der Waals surface area (Å²) < 4.78 is 11.0. The standard InChI is InChI=1S/C16H19Cl2NO3/c1-2-21-15(20)4-3-10-5-13(17)14(18)6-12(10)16-7-11(8-22-16)19-9-16/h5-6,11,19H,2-4,7-9H2,1H3. The molecule has 1 aromatic rings. The molecule has 2 aliphatic heterocycles. The molecule has 2 heterocycles. The van der Waals surface area contributed by atoms with Crippen LogP contribution in [0.3, 0.4) is 0 Å². The lowest BCUT2D eigenvalue weighted by atomic mass is 9.87. The van der Waals surface area contributed by atoms with Crippen molar-refractivity contribution in [3.05, 3.63) is 33.3 Å². The quantitative estimate of drug-likeness (QED) is 0.834. The summed E-state index contributed by atoms with van der Waals surface area (Å²) >= 11 is 12.4. The Morgan fingerprint density at radius 2 is 2.23 bits per heavy atom. The zero-order valence-corrected chi connectivity index (χ0v) is 14.0. The summed E-state index contributed by atoms with van der Waals surface area (Å²) in [5, 5.41) is 4.47. The molecule has 4 nitrogen and oxygen atoms in total. The number of benzene rings is 1. The maximum Gasteiger partial charge on any atom is 0.306 e. The molecule has 3 rings (SSSR count). The highest BCUT2D eigenvalue weighted by atomic mass is 35.5. The Balaban J connectivity index is 1.88. The Kier molecular flexibility index (Phi) is 4.64. The van der Waals surface area contributed by atoms with E-state index < -0.39 is 0 Å². The van der Waals surface area contributed by atoms with E-state index in [4.69, 9.17) is 32.7 Å². The number of halogens is 2. The molecule has 120 valence electrons. The third-order valence-corrected chi connectivity index (χ3v) is 5.08. The first-order chi connectivity index (χ1) is 10.5. The first-order valence-corrected chi connectivity index (χ1v) is 8.31. The third-order valence-electron chi connectivity index (χ3n) is 4.35. The van der Waals surface area contributed by atoms with Crippen LogP contribution in [0.4, 0.5) is 0 Å². The summed E-state index contributed by atoms with van der Waals surface area (Å²) in [6, 6.07) is 4.13. The molecular weight excluding hydrogens is 325 g/mol. The molecule has 2 saturated heterocycles. The number of hydrogen-bond donors (Lipinski definition) is 1. The second-order valence-electron chi connectivity index (χ2n) is 5.82. The zero-order valence-electron chi connectivity index (χ0n) is 12.5. The van der Waals surface area contributed by atoms with E-state index in [0.717, 1.165) is 24.1 Å². The van der Waals surface area contributed by atoms with Crippen LogP contribution in [0.5, 0.6) is 0 Å². The number of esters is 1. The van der Waals surface area contributed by atoms with Crippen LogP contribution in [0, 0.1) is 0 Å². The Hall–Kier alpha value is -0.810. The second kappa shape index (κ2) is 6.36. The molecule has 2 unspecified atom stereocenters. The lowest BCUT2D eigenvalue weighted by molar-refractivity contribution is -0.143. The number of aryl methyl sites for hydroxylation is 1. The maximum atomic E-state index is 11.6. The Morgan fingerprint density at radius 1 is 1.45 bits per heavy atom. The molecule has 2 atom stereocenters. The topological polar surface area (TPSA) is 47.6 Å². The molecule has 0 aliphatic carbocycles. The monoisotopic (exact) mass is 343 g/mol. The van der Waals surface area contributed by atoms with Gasteiger partial charge in [-0.15, -0.1) is 0 Å². The first kappa shape index (κ1) is 16.1. The summed E-state index contributed by atoms with van der Waals surface area (Å²) in [5.41, 5.74) is 1.70. The summed E-state index contributed by atoms with van der Waals surface area (Å²) in [4.78, 5) is 11.6. The highest BCUT2D eigenvalue weighted by molar-refractivity contribution is 6.42. The summed E-state index contributed by atoms with van der Waals surface area (Å²) in [6.45, 7) is 3.67. The molecule has 2 fully saturated rings. The number of nitrogens with one attached hydrogen (secondary N) is 1. The van der Waals surface area contributed by atoms with Gasteiger partial charge in [0.1, 0.15) is 5.60 Å². The van der Waals surface area contributed by atoms with Gasteiger partial charge in [0.15, 0.2) is 0 Å². The van der Waals surface area contributed by atoms with Gasteiger partial charge in [-0.3, -0.25) is 4.79 Å². The minimum Gasteiger partial charge on any atom is -0.466 e. The minimum absolute atomic E-state index is 0.202. The van der Waals surface area contributed by atoms with E-state index in [1.54, 1.807) is 6.92 Å². The predicted molar refractivity (Wildman–Crippen MR) is 85.5 cm³/mol. The number of fused-ring (bicyclic) bond motifs is 2. The molecule has 2 aliphatic rings. The molecule has 22 heavy (non-hydrogen) atoms. The summed E-state index contributed by atoms with van der Waals surface area (Å²) in [5.74, 6) is -0.202. The van der Waals surface area contributed by atoms with Crippen molar-refractivity contribution in [2.75, 3.05) is 19.8 Å². The fraction of sp³-hybridized carbons (Fsp3) is 0.562. The van der Waals surface area contributed by atoms with Crippen LogP contribution in [-0.4, -0.2) is 31.8 Å². The Bertz CT molecular complexity index is 583. The van der Waals surface area contributed by atoms with Crippen molar-refractivity contribution in [3.8, 4) is 0 Å². The van der Waals surface area contributed by atoms with Crippen LogP contribution in [-0.2, 0) is 26.3 Å². The molecule has 1 N–H and O–H groups in total. The molecule has 2 bridgehead atoms. The van der Waals surface area contributed by atoms with Crippen molar-refractivity contribution < 1.29 is 14.3 Å². The molecule has 0 spiro atoms. The third kappa shape index (κ3) is 2.98. The van der Waals surface area contributed by atoms with E-state index >= 15 is 0 Å². The van der Waals surface area contributed by atoms with Crippen LogP contribution < -0.4 is 5.32 Å². The average Bonchev–Trinajstić information content (AvgIpc) is 3.10. The van der Waals surface area contributed by atoms with Gasteiger partial charge in [0.05, 0.1) is 23.3 Å². The van der Waals surface area contributed by atoms with Gasteiger partial charge in [-0.1, -0.05) is 23.2 Å². The molecule has 1 aromatic carbocycles. The number of carbonyl (C=O) groups is 1. The number of ether oxygens (including phenoxy) is 2. The van der Waals surface area contributed by atoms with E-state index in [9.17, 15) is 4.79 Å².